The molecule has 0 bridgehead atoms. The predicted molar refractivity (Wildman–Crippen MR) is 88.7 cm³/mol. The smallest absolute Gasteiger partial charge is 0.217 e. The van der Waals surface area contributed by atoms with Crippen LogP contribution in [0.25, 0.3) is 0 Å². The molecule has 4 nitrogen and oxygen atoms in total. The van der Waals surface area contributed by atoms with Gasteiger partial charge in [0.1, 0.15) is 13.2 Å². The molecule has 22 heavy (non-hydrogen) atoms. The largest absolute Gasteiger partial charge is 0.475 e. The van der Waals surface area contributed by atoms with E-state index in [1.165, 1.54) is 0 Å². The Labute approximate surface area is 132 Å². The quantitative estimate of drug-likeness (QED) is 0.856. The second kappa shape index (κ2) is 6.11. The highest BCUT2D eigenvalue weighted by atomic mass is 16.5. The van der Waals surface area contributed by atoms with Gasteiger partial charge in [0, 0.05) is 11.1 Å². The highest BCUT2D eigenvalue weighted by Crippen LogP contribution is 2.23. The van der Waals surface area contributed by atoms with Gasteiger partial charge < -0.3 is 9.47 Å². The van der Waals surface area contributed by atoms with Gasteiger partial charge in [-0.3, -0.25) is 0 Å². The Bertz CT molecular complexity index is 552. The highest BCUT2D eigenvalue weighted by Gasteiger charge is 2.28. The van der Waals surface area contributed by atoms with E-state index in [2.05, 4.69) is 27.7 Å². The summed E-state index contributed by atoms with van der Waals surface area (Å²) in [5, 5.41) is 0. The summed E-state index contributed by atoms with van der Waals surface area (Å²) >= 11 is 0. The van der Waals surface area contributed by atoms with Crippen molar-refractivity contribution in [2.75, 3.05) is 13.2 Å². The van der Waals surface area contributed by atoms with Crippen LogP contribution in [0.2, 0.25) is 0 Å². The monoisotopic (exact) mass is 300 g/mol. The summed E-state index contributed by atoms with van der Waals surface area (Å²) in [6, 6.07) is 8.54. The van der Waals surface area contributed by atoms with Crippen LogP contribution in [-0.4, -0.2) is 37.1 Å². The van der Waals surface area contributed by atoms with Crippen molar-refractivity contribution in [2.24, 2.45) is 21.8 Å². The van der Waals surface area contributed by atoms with Crippen LogP contribution in [0.1, 0.15) is 38.8 Å². The molecule has 0 amide bonds. The molecule has 2 atom stereocenters. The number of rotatable bonds is 4. The van der Waals surface area contributed by atoms with Gasteiger partial charge in [0.2, 0.25) is 11.8 Å². The first kappa shape index (κ1) is 15.1. The van der Waals surface area contributed by atoms with Gasteiger partial charge in [-0.1, -0.05) is 39.8 Å². The van der Waals surface area contributed by atoms with E-state index in [1.54, 1.807) is 0 Å². The molecular formula is C18H24N2O2. The van der Waals surface area contributed by atoms with Crippen LogP contribution in [0.5, 0.6) is 0 Å². The number of hydrogen-bond donors (Lipinski definition) is 0. The van der Waals surface area contributed by atoms with Gasteiger partial charge >= 0.3 is 0 Å². The molecule has 0 radical (unpaired) electrons. The minimum Gasteiger partial charge on any atom is -0.475 e. The number of ether oxygens (including phenoxy) is 2. The third kappa shape index (κ3) is 2.87. The number of hydrogen-bond acceptors (Lipinski definition) is 4. The Morgan fingerprint density at radius 2 is 1.23 bits per heavy atom. The first-order chi connectivity index (χ1) is 10.6. The lowest BCUT2D eigenvalue weighted by atomic mass is 10.1. The molecule has 0 unspecified atom stereocenters. The fourth-order valence-corrected chi connectivity index (χ4v) is 2.61. The minimum atomic E-state index is 0.234. The average molecular weight is 300 g/mol. The van der Waals surface area contributed by atoms with Crippen molar-refractivity contribution in [2.45, 2.75) is 39.8 Å². The normalized spacial score (nSPS) is 24.3. The van der Waals surface area contributed by atoms with Gasteiger partial charge in [-0.05, 0) is 24.0 Å². The van der Waals surface area contributed by atoms with Crippen LogP contribution >= 0.6 is 0 Å². The average Bonchev–Trinajstić information content (AvgIpc) is 3.17. The van der Waals surface area contributed by atoms with E-state index in [0.29, 0.717) is 36.8 Å². The fourth-order valence-electron chi connectivity index (χ4n) is 2.61. The van der Waals surface area contributed by atoms with Gasteiger partial charge in [-0.25, -0.2) is 9.98 Å². The highest BCUT2D eigenvalue weighted by molar-refractivity contribution is 6.08. The van der Waals surface area contributed by atoms with Crippen LogP contribution in [-0.2, 0) is 9.47 Å². The zero-order valence-corrected chi connectivity index (χ0v) is 13.7. The summed E-state index contributed by atoms with van der Waals surface area (Å²) < 4.78 is 11.7. The van der Waals surface area contributed by atoms with Gasteiger partial charge in [0.25, 0.3) is 0 Å². The maximum Gasteiger partial charge on any atom is 0.217 e. The second-order valence-electron chi connectivity index (χ2n) is 6.66. The molecule has 0 aromatic heterocycles. The first-order valence-electron chi connectivity index (χ1n) is 8.07. The molecule has 0 fully saturated rings. The molecule has 0 spiro atoms. The standard InChI is InChI=1S/C18H24N2O2/c1-11(2)15-9-21-17(19-15)13-7-5-6-8-14(13)18-20-16(10-22-18)12(3)4/h5-8,11-12,15-16H,9-10H2,1-4H3/t15-,16-/m1/s1. The molecule has 2 heterocycles. The Balaban J connectivity index is 1.92. The van der Waals surface area contributed by atoms with Crippen molar-refractivity contribution < 1.29 is 9.47 Å². The van der Waals surface area contributed by atoms with Crippen molar-refractivity contribution in [1.29, 1.82) is 0 Å². The molecule has 118 valence electrons. The third-order valence-corrected chi connectivity index (χ3v) is 4.27. The maximum absolute atomic E-state index is 5.83. The van der Waals surface area contributed by atoms with Crippen molar-refractivity contribution in [1.82, 2.24) is 0 Å². The Kier molecular flexibility index (Phi) is 4.19. The van der Waals surface area contributed by atoms with Crippen molar-refractivity contribution in [3.63, 3.8) is 0 Å². The summed E-state index contributed by atoms with van der Waals surface area (Å²) in [6.45, 7) is 9.99. The van der Waals surface area contributed by atoms with Gasteiger partial charge in [0.05, 0.1) is 12.1 Å². The molecule has 0 N–H and O–H groups in total. The summed E-state index contributed by atoms with van der Waals surface area (Å²) in [5.74, 6) is 2.40. The molecule has 2 aliphatic rings. The lowest BCUT2D eigenvalue weighted by molar-refractivity contribution is 0.289. The Hall–Kier alpha value is -1.84. The lowest BCUT2D eigenvalue weighted by Gasteiger charge is -2.08. The van der Waals surface area contributed by atoms with Crippen LogP contribution in [0.3, 0.4) is 0 Å². The molecule has 0 aliphatic carbocycles. The second-order valence-corrected chi connectivity index (χ2v) is 6.66. The first-order valence-corrected chi connectivity index (χ1v) is 8.07. The van der Waals surface area contributed by atoms with Gasteiger partial charge in [-0.2, -0.15) is 0 Å². The number of aliphatic imine (C=N–C) groups is 2. The molecule has 2 aliphatic heterocycles. The van der Waals surface area contributed by atoms with Crippen molar-refractivity contribution >= 4 is 11.8 Å². The van der Waals surface area contributed by atoms with Gasteiger partial charge in [-0.15, -0.1) is 0 Å². The van der Waals surface area contributed by atoms with Crippen molar-refractivity contribution in [3.8, 4) is 0 Å². The zero-order valence-electron chi connectivity index (χ0n) is 13.7. The topological polar surface area (TPSA) is 43.2 Å². The van der Waals surface area contributed by atoms with Crippen molar-refractivity contribution in [3.05, 3.63) is 35.4 Å². The predicted octanol–water partition coefficient (Wildman–Crippen LogP) is 3.29. The minimum absolute atomic E-state index is 0.234. The summed E-state index contributed by atoms with van der Waals surface area (Å²) in [6.07, 6.45) is 0. The lowest BCUT2D eigenvalue weighted by Crippen LogP contribution is -2.13. The van der Waals surface area contributed by atoms with Crippen LogP contribution in [0, 0.1) is 11.8 Å². The number of nitrogens with zero attached hydrogens (tertiary/aromatic N) is 2. The van der Waals surface area contributed by atoms with Crippen LogP contribution in [0.15, 0.2) is 34.3 Å². The number of benzene rings is 1. The fraction of sp³-hybridized carbons (Fsp3) is 0.556. The van der Waals surface area contributed by atoms with E-state index < -0.39 is 0 Å². The van der Waals surface area contributed by atoms with Crippen LogP contribution < -0.4 is 0 Å². The molecule has 0 saturated heterocycles. The summed E-state index contributed by atoms with van der Waals surface area (Å²) in [7, 11) is 0. The van der Waals surface area contributed by atoms with E-state index in [1.807, 2.05) is 24.3 Å². The molecule has 1 aromatic carbocycles. The molecule has 4 heteroatoms. The van der Waals surface area contributed by atoms with E-state index in [0.717, 1.165) is 11.1 Å². The molecule has 3 rings (SSSR count). The van der Waals surface area contributed by atoms with E-state index in [9.17, 15) is 0 Å². The van der Waals surface area contributed by atoms with E-state index in [4.69, 9.17) is 19.5 Å². The summed E-state index contributed by atoms with van der Waals surface area (Å²) in [5.41, 5.74) is 1.96. The zero-order chi connectivity index (χ0) is 15.7. The Morgan fingerprint density at radius 1 is 0.818 bits per heavy atom. The van der Waals surface area contributed by atoms with Crippen LogP contribution in [0.4, 0.5) is 0 Å². The summed E-state index contributed by atoms with van der Waals surface area (Å²) in [4.78, 5) is 9.46. The SMILES string of the molecule is CC(C)[C@H]1COC(c2ccccc2C2=N[C@@H](C(C)C)CO2)=N1. The van der Waals surface area contributed by atoms with E-state index >= 15 is 0 Å². The molecule has 0 saturated carbocycles. The Morgan fingerprint density at radius 3 is 1.55 bits per heavy atom. The van der Waals surface area contributed by atoms with E-state index in [-0.39, 0.29) is 12.1 Å². The van der Waals surface area contributed by atoms with Gasteiger partial charge in [0.15, 0.2) is 0 Å². The maximum atomic E-state index is 5.83. The molecule has 1 aromatic rings. The third-order valence-electron chi connectivity index (χ3n) is 4.27. The molecular weight excluding hydrogens is 276 g/mol.